The van der Waals surface area contributed by atoms with Gasteiger partial charge >= 0.3 is 0 Å². The first kappa shape index (κ1) is 13.6. The number of halogens is 1. The van der Waals surface area contributed by atoms with E-state index >= 15 is 0 Å². The molecule has 0 atom stereocenters. The standard InChI is InChI=1S/C13H19BrN2O2/c14-9-5-8(7-17)13(15)12(6-9)16-10-1-3-11(18)4-2-10/h5-6,10-11,16-18H,1-4,7,15H2. The van der Waals surface area contributed by atoms with Gasteiger partial charge in [-0.3, -0.25) is 0 Å². The molecule has 0 aliphatic heterocycles. The summed E-state index contributed by atoms with van der Waals surface area (Å²) in [7, 11) is 0. The van der Waals surface area contributed by atoms with Crippen LogP contribution in [0.1, 0.15) is 31.2 Å². The highest BCUT2D eigenvalue weighted by Gasteiger charge is 2.20. The van der Waals surface area contributed by atoms with Crippen LogP contribution in [0.15, 0.2) is 16.6 Å². The van der Waals surface area contributed by atoms with Gasteiger partial charge in [-0.15, -0.1) is 0 Å². The monoisotopic (exact) mass is 314 g/mol. The summed E-state index contributed by atoms with van der Waals surface area (Å²) in [4.78, 5) is 0. The van der Waals surface area contributed by atoms with Crippen molar-refractivity contribution >= 4 is 27.3 Å². The number of aliphatic hydroxyl groups excluding tert-OH is 2. The predicted octanol–water partition coefficient (Wildman–Crippen LogP) is 2.24. The van der Waals surface area contributed by atoms with Crippen molar-refractivity contribution in [1.29, 1.82) is 0 Å². The molecule has 1 saturated carbocycles. The van der Waals surface area contributed by atoms with Crippen LogP contribution >= 0.6 is 15.9 Å². The predicted molar refractivity (Wildman–Crippen MR) is 76.4 cm³/mol. The second kappa shape index (κ2) is 5.91. The van der Waals surface area contributed by atoms with E-state index < -0.39 is 0 Å². The number of hydrogen-bond donors (Lipinski definition) is 4. The molecule has 0 aromatic heterocycles. The van der Waals surface area contributed by atoms with Crippen molar-refractivity contribution in [3.05, 3.63) is 22.2 Å². The smallest absolute Gasteiger partial charge is 0.0703 e. The number of anilines is 2. The molecule has 2 rings (SSSR count). The molecular weight excluding hydrogens is 296 g/mol. The minimum absolute atomic E-state index is 0.0661. The summed E-state index contributed by atoms with van der Waals surface area (Å²) in [5.41, 5.74) is 8.20. The maximum absolute atomic E-state index is 9.48. The van der Waals surface area contributed by atoms with Gasteiger partial charge in [0.15, 0.2) is 0 Å². The van der Waals surface area contributed by atoms with E-state index in [4.69, 9.17) is 5.73 Å². The first-order valence-corrected chi connectivity index (χ1v) is 7.03. The van der Waals surface area contributed by atoms with Gasteiger partial charge in [0.05, 0.1) is 24.1 Å². The molecule has 1 aliphatic carbocycles. The third-order valence-corrected chi connectivity index (χ3v) is 3.91. The van der Waals surface area contributed by atoms with Crippen molar-refractivity contribution in [2.45, 2.75) is 44.4 Å². The van der Waals surface area contributed by atoms with Crippen LogP contribution in [-0.4, -0.2) is 22.4 Å². The minimum atomic E-state index is -0.157. The van der Waals surface area contributed by atoms with E-state index in [1.54, 1.807) is 0 Å². The number of nitrogens with two attached hydrogens (primary N) is 1. The Labute approximate surface area is 115 Å². The Hall–Kier alpha value is -0.780. The van der Waals surface area contributed by atoms with Crippen LogP contribution in [0.3, 0.4) is 0 Å². The summed E-state index contributed by atoms with van der Waals surface area (Å²) in [6, 6.07) is 4.10. The number of nitrogen functional groups attached to an aromatic ring is 1. The molecule has 1 aliphatic rings. The highest BCUT2D eigenvalue weighted by molar-refractivity contribution is 9.10. The number of benzene rings is 1. The Morgan fingerprint density at radius 2 is 1.94 bits per heavy atom. The van der Waals surface area contributed by atoms with Gasteiger partial charge in [0.1, 0.15) is 0 Å². The second-order valence-electron chi connectivity index (χ2n) is 4.83. The highest BCUT2D eigenvalue weighted by Crippen LogP contribution is 2.31. The number of hydrogen-bond acceptors (Lipinski definition) is 4. The zero-order chi connectivity index (χ0) is 13.1. The number of nitrogens with one attached hydrogen (secondary N) is 1. The Morgan fingerprint density at radius 1 is 1.28 bits per heavy atom. The van der Waals surface area contributed by atoms with Crippen molar-refractivity contribution < 1.29 is 10.2 Å². The SMILES string of the molecule is Nc1c(CO)cc(Br)cc1NC1CCC(O)CC1. The van der Waals surface area contributed by atoms with Gasteiger partial charge in [-0.25, -0.2) is 0 Å². The molecule has 0 heterocycles. The Morgan fingerprint density at radius 3 is 2.56 bits per heavy atom. The Kier molecular flexibility index (Phi) is 4.48. The van der Waals surface area contributed by atoms with Gasteiger partial charge in [-0.1, -0.05) is 15.9 Å². The van der Waals surface area contributed by atoms with Crippen LogP contribution in [0, 0.1) is 0 Å². The van der Waals surface area contributed by atoms with Crippen LogP contribution < -0.4 is 11.1 Å². The van der Waals surface area contributed by atoms with Gasteiger partial charge in [-0.05, 0) is 37.8 Å². The molecule has 5 N–H and O–H groups in total. The van der Waals surface area contributed by atoms with Gasteiger partial charge in [0.2, 0.25) is 0 Å². The van der Waals surface area contributed by atoms with Crippen LogP contribution in [0.4, 0.5) is 11.4 Å². The first-order valence-electron chi connectivity index (χ1n) is 6.23. The van der Waals surface area contributed by atoms with Gasteiger partial charge in [0.25, 0.3) is 0 Å². The minimum Gasteiger partial charge on any atom is -0.397 e. The van der Waals surface area contributed by atoms with E-state index in [2.05, 4.69) is 21.2 Å². The highest BCUT2D eigenvalue weighted by atomic mass is 79.9. The lowest BCUT2D eigenvalue weighted by molar-refractivity contribution is 0.126. The molecule has 0 bridgehead atoms. The van der Waals surface area contributed by atoms with E-state index in [-0.39, 0.29) is 12.7 Å². The maximum atomic E-state index is 9.48. The quantitative estimate of drug-likeness (QED) is 0.645. The zero-order valence-electron chi connectivity index (χ0n) is 10.2. The fourth-order valence-corrected chi connectivity index (χ4v) is 2.87. The molecular formula is C13H19BrN2O2. The van der Waals surface area contributed by atoms with Gasteiger partial charge in [0, 0.05) is 16.1 Å². The van der Waals surface area contributed by atoms with Crippen molar-refractivity contribution in [3.63, 3.8) is 0 Å². The normalized spacial score (nSPS) is 23.9. The maximum Gasteiger partial charge on any atom is 0.0703 e. The number of rotatable bonds is 3. The summed E-state index contributed by atoms with van der Waals surface area (Å²) >= 11 is 3.42. The first-order chi connectivity index (χ1) is 8.60. The van der Waals surface area contributed by atoms with E-state index in [9.17, 15) is 10.2 Å². The van der Waals surface area contributed by atoms with E-state index in [1.807, 2.05) is 12.1 Å². The summed E-state index contributed by atoms with van der Waals surface area (Å²) < 4.78 is 0.902. The largest absolute Gasteiger partial charge is 0.397 e. The van der Waals surface area contributed by atoms with Gasteiger partial charge in [-0.2, -0.15) is 0 Å². The molecule has 0 unspecified atom stereocenters. The lowest BCUT2D eigenvalue weighted by Crippen LogP contribution is -2.28. The lowest BCUT2D eigenvalue weighted by Gasteiger charge is -2.28. The summed E-state index contributed by atoms with van der Waals surface area (Å²) in [5.74, 6) is 0. The Bertz CT molecular complexity index is 418. The second-order valence-corrected chi connectivity index (χ2v) is 5.75. The number of aliphatic hydroxyl groups is 2. The molecule has 18 heavy (non-hydrogen) atoms. The van der Waals surface area contributed by atoms with Crippen molar-refractivity contribution in [2.24, 2.45) is 0 Å². The molecule has 1 fully saturated rings. The fourth-order valence-electron chi connectivity index (χ4n) is 2.36. The van der Waals surface area contributed by atoms with Gasteiger partial charge < -0.3 is 21.3 Å². The average Bonchev–Trinajstić information content (AvgIpc) is 2.36. The fraction of sp³-hybridized carbons (Fsp3) is 0.538. The van der Waals surface area contributed by atoms with Crippen molar-refractivity contribution in [3.8, 4) is 0 Å². The summed E-state index contributed by atoms with van der Waals surface area (Å²) in [6.45, 7) is -0.0661. The molecule has 0 radical (unpaired) electrons. The third kappa shape index (κ3) is 3.16. The van der Waals surface area contributed by atoms with E-state index in [0.29, 0.717) is 11.7 Å². The molecule has 5 heteroatoms. The van der Waals surface area contributed by atoms with Crippen LogP contribution in [-0.2, 0) is 6.61 Å². The molecule has 1 aromatic carbocycles. The lowest BCUT2D eigenvalue weighted by atomic mass is 9.93. The average molecular weight is 315 g/mol. The van der Waals surface area contributed by atoms with Crippen molar-refractivity contribution in [2.75, 3.05) is 11.1 Å². The van der Waals surface area contributed by atoms with Crippen LogP contribution in [0.2, 0.25) is 0 Å². The third-order valence-electron chi connectivity index (χ3n) is 3.46. The molecule has 0 spiro atoms. The molecule has 4 nitrogen and oxygen atoms in total. The Balaban J connectivity index is 2.11. The molecule has 0 amide bonds. The molecule has 0 saturated heterocycles. The molecule has 1 aromatic rings. The van der Waals surface area contributed by atoms with E-state index in [1.165, 1.54) is 0 Å². The van der Waals surface area contributed by atoms with Crippen molar-refractivity contribution in [1.82, 2.24) is 0 Å². The zero-order valence-corrected chi connectivity index (χ0v) is 11.8. The summed E-state index contributed by atoms with van der Waals surface area (Å²) in [5, 5.41) is 22.1. The van der Waals surface area contributed by atoms with E-state index in [0.717, 1.165) is 41.4 Å². The topological polar surface area (TPSA) is 78.5 Å². The molecule has 100 valence electrons. The van der Waals surface area contributed by atoms with Crippen LogP contribution in [0.5, 0.6) is 0 Å². The van der Waals surface area contributed by atoms with Crippen LogP contribution in [0.25, 0.3) is 0 Å². The summed E-state index contributed by atoms with van der Waals surface area (Å²) in [6.07, 6.45) is 3.40.